The van der Waals surface area contributed by atoms with E-state index in [4.69, 9.17) is 0 Å². The van der Waals surface area contributed by atoms with E-state index in [9.17, 15) is 4.39 Å². The van der Waals surface area contributed by atoms with Gasteiger partial charge in [-0.05, 0) is 24.6 Å². The molecule has 1 N–H and O–H groups in total. The maximum absolute atomic E-state index is 14.0. The predicted molar refractivity (Wildman–Crippen MR) is 80.3 cm³/mol. The van der Waals surface area contributed by atoms with Gasteiger partial charge in [0.2, 0.25) is 0 Å². The fraction of sp³-hybridized carbons (Fsp3) is 0.400. The molecule has 0 amide bonds. The van der Waals surface area contributed by atoms with Crippen molar-refractivity contribution in [2.45, 2.75) is 30.2 Å². The van der Waals surface area contributed by atoms with Crippen LogP contribution < -0.4 is 5.32 Å². The van der Waals surface area contributed by atoms with Crippen molar-refractivity contribution in [2.75, 3.05) is 6.54 Å². The Balaban J connectivity index is 2.13. The molecule has 0 aliphatic rings. The number of nitrogens with one attached hydrogen (secondary N) is 1. The molecule has 2 aromatic rings. The van der Waals surface area contributed by atoms with Crippen molar-refractivity contribution in [3.8, 4) is 0 Å². The topological polar surface area (TPSA) is 29.9 Å². The number of hydrogen-bond acceptors (Lipinski definition) is 3. The highest BCUT2D eigenvalue weighted by atomic mass is 32.2. The van der Waals surface area contributed by atoms with Gasteiger partial charge in [0.15, 0.2) is 0 Å². The Hall–Kier alpha value is -1.33. The lowest BCUT2D eigenvalue weighted by molar-refractivity contribution is 0.530. The molecule has 1 heterocycles. The zero-order chi connectivity index (χ0) is 14.5. The van der Waals surface area contributed by atoms with Crippen LogP contribution in [0, 0.1) is 11.7 Å². The van der Waals surface area contributed by atoms with Crippen LogP contribution in [-0.2, 0) is 13.6 Å². The molecule has 20 heavy (non-hydrogen) atoms. The molecule has 0 saturated carbocycles. The lowest BCUT2D eigenvalue weighted by atomic mass is 10.2. The zero-order valence-corrected chi connectivity index (χ0v) is 12.9. The average molecular weight is 293 g/mol. The van der Waals surface area contributed by atoms with Crippen LogP contribution >= 0.6 is 11.8 Å². The predicted octanol–water partition coefficient (Wildman–Crippen LogP) is 3.46. The first-order valence-electron chi connectivity index (χ1n) is 6.71. The highest BCUT2D eigenvalue weighted by molar-refractivity contribution is 7.99. The smallest absolute Gasteiger partial charge is 0.128 e. The highest BCUT2D eigenvalue weighted by Crippen LogP contribution is 2.31. The third kappa shape index (κ3) is 4.08. The van der Waals surface area contributed by atoms with E-state index in [0.717, 1.165) is 21.9 Å². The standard InChI is InChI=1S/C15H20FN3S/c1-11(2)7-17-9-13-14(16)5-4-6-15(13)20-12-8-18-19(3)10-12/h4-6,8,10-11,17H,7,9H2,1-3H3. The van der Waals surface area contributed by atoms with Crippen molar-refractivity contribution < 1.29 is 4.39 Å². The van der Waals surface area contributed by atoms with E-state index < -0.39 is 0 Å². The first kappa shape index (κ1) is 15.1. The molecule has 0 atom stereocenters. The van der Waals surface area contributed by atoms with Crippen molar-refractivity contribution in [3.63, 3.8) is 0 Å². The van der Waals surface area contributed by atoms with Gasteiger partial charge in [0.25, 0.3) is 0 Å². The SMILES string of the molecule is CC(C)CNCc1c(F)cccc1Sc1cnn(C)c1. The Bertz CT molecular complexity index is 566. The molecule has 1 aromatic carbocycles. The minimum absolute atomic E-state index is 0.157. The molecule has 0 spiro atoms. The summed E-state index contributed by atoms with van der Waals surface area (Å²) in [5, 5.41) is 7.44. The zero-order valence-electron chi connectivity index (χ0n) is 12.1. The van der Waals surface area contributed by atoms with Gasteiger partial charge >= 0.3 is 0 Å². The van der Waals surface area contributed by atoms with E-state index >= 15 is 0 Å². The molecule has 3 nitrogen and oxygen atoms in total. The summed E-state index contributed by atoms with van der Waals surface area (Å²) in [5.74, 6) is 0.395. The van der Waals surface area contributed by atoms with Crippen LogP contribution in [-0.4, -0.2) is 16.3 Å². The van der Waals surface area contributed by atoms with Crippen LogP contribution in [0.3, 0.4) is 0 Å². The van der Waals surface area contributed by atoms with Gasteiger partial charge in [-0.2, -0.15) is 5.10 Å². The van der Waals surface area contributed by atoms with Gasteiger partial charge in [-0.15, -0.1) is 0 Å². The van der Waals surface area contributed by atoms with Crippen molar-refractivity contribution in [1.82, 2.24) is 15.1 Å². The first-order chi connectivity index (χ1) is 9.56. The van der Waals surface area contributed by atoms with Crippen LogP contribution in [0.25, 0.3) is 0 Å². The minimum Gasteiger partial charge on any atom is -0.312 e. The van der Waals surface area contributed by atoms with E-state index in [0.29, 0.717) is 12.5 Å². The summed E-state index contributed by atoms with van der Waals surface area (Å²) in [6, 6.07) is 5.22. The molecule has 108 valence electrons. The molecule has 0 bridgehead atoms. The van der Waals surface area contributed by atoms with Gasteiger partial charge in [-0.1, -0.05) is 31.7 Å². The summed E-state index contributed by atoms with van der Waals surface area (Å²) >= 11 is 1.54. The summed E-state index contributed by atoms with van der Waals surface area (Å²) in [5.41, 5.74) is 0.724. The molecule has 0 radical (unpaired) electrons. The summed E-state index contributed by atoms with van der Waals surface area (Å²) in [6.07, 6.45) is 3.72. The monoisotopic (exact) mass is 293 g/mol. The number of hydrogen-bond donors (Lipinski definition) is 1. The Morgan fingerprint density at radius 1 is 1.40 bits per heavy atom. The van der Waals surface area contributed by atoms with E-state index in [1.54, 1.807) is 28.7 Å². The maximum Gasteiger partial charge on any atom is 0.128 e. The second kappa shape index (κ2) is 6.90. The lowest BCUT2D eigenvalue weighted by Gasteiger charge is -2.12. The first-order valence-corrected chi connectivity index (χ1v) is 7.52. The highest BCUT2D eigenvalue weighted by Gasteiger charge is 2.10. The van der Waals surface area contributed by atoms with E-state index in [1.807, 2.05) is 19.3 Å². The van der Waals surface area contributed by atoms with Crippen molar-refractivity contribution in [2.24, 2.45) is 13.0 Å². The largest absolute Gasteiger partial charge is 0.312 e. The number of halogens is 1. The molecular formula is C15H20FN3S. The Morgan fingerprint density at radius 3 is 2.85 bits per heavy atom. The van der Waals surface area contributed by atoms with Gasteiger partial charge in [-0.25, -0.2) is 4.39 Å². The van der Waals surface area contributed by atoms with Crippen LogP contribution in [0.5, 0.6) is 0 Å². The van der Waals surface area contributed by atoms with E-state index in [-0.39, 0.29) is 5.82 Å². The number of aryl methyl sites for hydroxylation is 1. The molecule has 0 aliphatic heterocycles. The Morgan fingerprint density at radius 2 is 2.20 bits per heavy atom. The minimum atomic E-state index is -0.157. The molecule has 5 heteroatoms. The van der Waals surface area contributed by atoms with Gasteiger partial charge < -0.3 is 5.32 Å². The molecule has 0 unspecified atom stereocenters. The fourth-order valence-corrected chi connectivity index (χ4v) is 2.87. The van der Waals surface area contributed by atoms with Gasteiger partial charge in [0.1, 0.15) is 5.82 Å². The number of rotatable bonds is 6. The lowest BCUT2D eigenvalue weighted by Crippen LogP contribution is -2.20. The average Bonchev–Trinajstić information content (AvgIpc) is 2.78. The van der Waals surface area contributed by atoms with Gasteiger partial charge in [-0.3, -0.25) is 4.68 Å². The molecular weight excluding hydrogens is 273 g/mol. The van der Waals surface area contributed by atoms with Crippen LogP contribution in [0.15, 0.2) is 40.4 Å². The maximum atomic E-state index is 14.0. The van der Waals surface area contributed by atoms with Crippen LogP contribution in [0.1, 0.15) is 19.4 Å². The molecule has 0 fully saturated rings. The van der Waals surface area contributed by atoms with Gasteiger partial charge in [0.05, 0.1) is 11.1 Å². The van der Waals surface area contributed by atoms with Crippen molar-refractivity contribution >= 4 is 11.8 Å². The molecule has 2 rings (SSSR count). The molecule has 0 saturated heterocycles. The summed E-state index contributed by atoms with van der Waals surface area (Å²) in [4.78, 5) is 1.96. The normalized spacial score (nSPS) is 11.2. The second-order valence-electron chi connectivity index (χ2n) is 5.19. The Labute approximate surface area is 123 Å². The quantitative estimate of drug-likeness (QED) is 0.884. The van der Waals surface area contributed by atoms with Crippen LogP contribution in [0.4, 0.5) is 4.39 Å². The van der Waals surface area contributed by atoms with Gasteiger partial charge in [0, 0.05) is 30.2 Å². The van der Waals surface area contributed by atoms with Crippen molar-refractivity contribution in [1.29, 1.82) is 0 Å². The number of nitrogens with zero attached hydrogens (tertiary/aromatic N) is 2. The fourth-order valence-electron chi connectivity index (χ4n) is 1.87. The van der Waals surface area contributed by atoms with E-state index in [2.05, 4.69) is 24.3 Å². The van der Waals surface area contributed by atoms with Crippen LogP contribution in [0.2, 0.25) is 0 Å². The summed E-state index contributed by atoms with van der Waals surface area (Å²) in [7, 11) is 1.88. The van der Waals surface area contributed by atoms with E-state index in [1.165, 1.54) is 6.07 Å². The number of benzene rings is 1. The second-order valence-corrected chi connectivity index (χ2v) is 6.31. The molecule has 1 aromatic heterocycles. The summed E-state index contributed by atoms with van der Waals surface area (Å²) in [6.45, 7) is 5.71. The molecule has 0 aliphatic carbocycles. The Kier molecular flexibility index (Phi) is 5.20. The number of aromatic nitrogens is 2. The third-order valence-electron chi connectivity index (χ3n) is 2.84. The van der Waals surface area contributed by atoms with Crippen molar-refractivity contribution in [3.05, 3.63) is 42.0 Å². The summed E-state index contributed by atoms with van der Waals surface area (Å²) < 4.78 is 15.8. The third-order valence-corrected chi connectivity index (χ3v) is 3.89.